The molecular formula is C12F25I. The topological polar surface area (TPSA) is 0 Å². The Morgan fingerprint density at radius 2 is 0.342 bits per heavy atom. The number of hydrogen-bond donors (Lipinski definition) is 0. The van der Waals surface area contributed by atoms with Crippen LogP contribution in [0, 0.1) is 0 Å². The van der Waals surface area contributed by atoms with Gasteiger partial charge in [-0.1, -0.05) is 0 Å². The van der Waals surface area contributed by atoms with Crippen LogP contribution in [0.2, 0.25) is 0 Å². The van der Waals surface area contributed by atoms with Gasteiger partial charge in [0.1, 0.15) is 0 Å². The molecule has 0 saturated carbocycles. The Labute approximate surface area is 202 Å². The lowest BCUT2D eigenvalue weighted by Crippen LogP contribution is -2.78. The van der Waals surface area contributed by atoms with E-state index in [0.29, 0.717) is 0 Å². The lowest BCUT2D eigenvalue weighted by molar-refractivity contribution is -0.480. The highest BCUT2D eigenvalue weighted by Crippen LogP contribution is 2.68. The van der Waals surface area contributed by atoms with Gasteiger partial charge in [0.15, 0.2) is 0 Å². The van der Waals surface area contributed by atoms with Gasteiger partial charge in [-0.3, -0.25) is 0 Å². The zero-order chi connectivity index (χ0) is 32.0. The van der Waals surface area contributed by atoms with Gasteiger partial charge in [0.25, 0.3) is 0 Å². The normalized spacial score (nSPS) is 17.2. The Hall–Kier alpha value is -1.02. The number of alkyl halides is 26. The highest BCUT2D eigenvalue weighted by atomic mass is 127. The molecule has 0 heterocycles. The van der Waals surface area contributed by atoms with Gasteiger partial charge in [0, 0.05) is 22.6 Å². The Balaban J connectivity index is 7.29. The van der Waals surface area contributed by atoms with E-state index < -0.39 is 91.9 Å². The second-order valence-corrected chi connectivity index (χ2v) is 8.09. The standard InChI is InChI=1S/C12F25I/c13-1(14,3(17,18)5(21,22)7(25,26)9(29,30)11(33,34)35)2(15,16)4(19,20)6(23,24)8(27,28)10(31,32)12(36,37)38. The van der Waals surface area contributed by atoms with Crippen molar-refractivity contribution in [2.24, 2.45) is 0 Å². The zero-order valence-corrected chi connectivity index (χ0v) is 18.0. The number of halogens is 26. The maximum absolute atomic E-state index is 13.4. The van der Waals surface area contributed by atoms with Gasteiger partial charge in [-0.15, -0.1) is 0 Å². The molecular weight excluding hydrogens is 746 g/mol. The van der Waals surface area contributed by atoms with Crippen LogP contribution in [0.4, 0.5) is 110 Å². The first-order chi connectivity index (χ1) is 15.8. The fourth-order valence-corrected chi connectivity index (χ4v) is 2.27. The minimum absolute atomic E-state index is 1.25. The van der Waals surface area contributed by atoms with Crippen LogP contribution in [-0.4, -0.2) is 69.3 Å². The van der Waals surface area contributed by atoms with E-state index in [-0.39, 0.29) is 0 Å². The summed E-state index contributed by atoms with van der Waals surface area (Å²) in [6.45, 7) is 0. The van der Waals surface area contributed by atoms with Gasteiger partial charge >= 0.3 is 69.3 Å². The van der Waals surface area contributed by atoms with E-state index in [2.05, 4.69) is 0 Å². The molecule has 0 bridgehead atoms. The highest BCUT2D eigenvalue weighted by Gasteiger charge is 2.99. The molecule has 0 fully saturated rings. The molecule has 0 aliphatic carbocycles. The van der Waals surface area contributed by atoms with Crippen LogP contribution in [0.25, 0.3) is 0 Å². The van der Waals surface area contributed by atoms with Gasteiger partial charge in [0.05, 0.1) is 0 Å². The SMILES string of the molecule is FC(F)(F)C(F)(F)C(F)(F)C(F)(F)C(F)(F)C(F)(F)C(F)(F)C(F)(F)C(F)(F)C(F)(F)C(F)(F)C(F)(F)I. The molecule has 0 spiro atoms. The molecule has 0 saturated heterocycles. The molecule has 0 radical (unpaired) electrons. The quantitative estimate of drug-likeness (QED) is 0.119. The first-order valence-corrected chi connectivity index (χ1v) is 8.74. The molecule has 0 aromatic rings. The third-order valence-corrected chi connectivity index (χ3v) is 4.94. The summed E-state index contributed by atoms with van der Waals surface area (Å²) in [5.41, 5.74) is 0. The Kier molecular flexibility index (Phi) is 8.50. The molecule has 0 aliphatic rings. The molecule has 0 aromatic carbocycles. The van der Waals surface area contributed by atoms with E-state index in [1.807, 2.05) is 0 Å². The van der Waals surface area contributed by atoms with E-state index in [4.69, 9.17) is 0 Å². The maximum Gasteiger partial charge on any atom is 0.460 e. The smallest absolute Gasteiger partial charge is 0.192 e. The van der Waals surface area contributed by atoms with Crippen molar-refractivity contribution in [3.05, 3.63) is 0 Å². The van der Waals surface area contributed by atoms with Crippen molar-refractivity contribution in [2.45, 2.75) is 69.3 Å². The molecule has 0 unspecified atom stereocenters. The van der Waals surface area contributed by atoms with Gasteiger partial charge < -0.3 is 0 Å². The average Bonchev–Trinajstić information content (AvgIpc) is 2.64. The second-order valence-electron chi connectivity index (χ2n) is 6.74. The van der Waals surface area contributed by atoms with E-state index in [0.717, 1.165) is 0 Å². The molecule has 0 atom stereocenters. The summed E-state index contributed by atoms with van der Waals surface area (Å²) in [7, 11) is 0. The van der Waals surface area contributed by atoms with Gasteiger partial charge in [-0.2, -0.15) is 110 Å². The van der Waals surface area contributed by atoms with Gasteiger partial charge in [-0.05, 0) is 0 Å². The van der Waals surface area contributed by atoms with Crippen LogP contribution in [0.1, 0.15) is 0 Å². The van der Waals surface area contributed by atoms with E-state index in [1.165, 1.54) is 0 Å². The predicted molar refractivity (Wildman–Crippen MR) is 74.5 cm³/mol. The van der Waals surface area contributed by atoms with Crippen LogP contribution in [0.3, 0.4) is 0 Å². The third-order valence-electron chi connectivity index (χ3n) is 4.26. The molecule has 0 N–H and O–H groups in total. The minimum atomic E-state index is -9.56. The van der Waals surface area contributed by atoms with E-state index >= 15 is 0 Å². The summed E-state index contributed by atoms with van der Waals surface area (Å²) in [6.07, 6.45) is -8.15. The Bertz CT molecular complexity index is 798. The number of hydrogen-bond acceptors (Lipinski definition) is 0. The summed E-state index contributed by atoms with van der Waals surface area (Å²) in [6, 6.07) is 0. The molecule has 230 valence electrons. The molecule has 38 heavy (non-hydrogen) atoms. The summed E-state index contributed by atoms with van der Waals surface area (Å²) in [4.78, 5) is 0. The second kappa shape index (κ2) is 8.74. The molecule has 0 amide bonds. The molecule has 26 heteroatoms. The van der Waals surface area contributed by atoms with Crippen molar-refractivity contribution in [1.29, 1.82) is 0 Å². The van der Waals surface area contributed by atoms with Crippen molar-refractivity contribution < 1.29 is 110 Å². The van der Waals surface area contributed by atoms with Crippen LogP contribution in [0.5, 0.6) is 0 Å². The van der Waals surface area contributed by atoms with Crippen molar-refractivity contribution in [2.75, 3.05) is 0 Å². The van der Waals surface area contributed by atoms with Crippen molar-refractivity contribution in [1.82, 2.24) is 0 Å². The monoisotopic (exact) mass is 746 g/mol. The molecule has 0 nitrogen and oxygen atoms in total. The van der Waals surface area contributed by atoms with Crippen LogP contribution in [-0.2, 0) is 0 Å². The predicted octanol–water partition coefficient (Wildman–Crippen LogP) is 8.93. The third kappa shape index (κ3) is 4.21. The highest BCUT2D eigenvalue weighted by molar-refractivity contribution is 14.1. The summed E-state index contributed by atoms with van der Waals surface area (Å²) < 4.78 is 317. The lowest BCUT2D eigenvalue weighted by Gasteiger charge is -2.45. The fraction of sp³-hybridized carbons (Fsp3) is 1.00. The van der Waals surface area contributed by atoms with E-state index in [1.54, 1.807) is 0 Å². The van der Waals surface area contributed by atoms with E-state index in [9.17, 15) is 110 Å². The van der Waals surface area contributed by atoms with Crippen LogP contribution >= 0.6 is 22.6 Å². The fourth-order valence-electron chi connectivity index (χ4n) is 1.93. The van der Waals surface area contributed by atoms with Crippen LogP contribution in [0.15, 0.2) is 0 Å². The molecule has 0 rings (SSSR count). The van der Waals surface area contributed by atoms with Gasteiger partial charge in [-0.25, -0.2) is 0 Å². The first-order valence-electron chi connectivity index (χ1n) is 7.66. The summed E-state index contributed by atoms with van der Waals surface area (Å²) >= 11 is -1.25. The molecule has 0 aliphatic heterocycles. The van der Waals surface area contributed by atoms with Crippen LogP contribution < -0.4 is 0 Å². The Morgan fingerprint density at radius 1 is 0.211 bits per heavy atom. The lowest BCUT2D eigenvalue weighted by atomic mass is 9.85. The minimum Gasteiger partial charge on any atom is -0.192 e. The first kappa shape index (κ1) is 37.0. The summed E-state index contributed by atoms with van der Waals surface area (Å²) in [5, 5.41) is 0. The maximum atomic E-state index is 13.4. The average molecular weight is 746 g/mol. The Morgan fingerprint density at radius 3 is 0.474 bits per heavy atom. The van der Waals surface area contributed by atoms with Crippen molar-refractivity contribution in [3.8, 4) is 0 Å². The number of rotatable bonds is 10. The zero-order valence-electron chi connectivity index (χ0n) is 15.8. The largest absolute Gasteiger partial charge is 0.460 e. The van der Waals surface area contributed by atoms with Crippen molar-refractivity contribution >= 4 is 22.6 Å². The van der Waals surface area contributed by atoms with Gasteiger partial charge in [0.2, 0.25) is 0 Å². The van der Waals surface area contributed by atoms with Crippen molar-refractivity contribution in [3.63, 3.8) is 0 Å². The molecule has 0 aromatic heterocycles. The summed E-state index contributed by atoms with van der Waals surface area (Å²) in [5.74, 6) is -90.9.